The van der Waals surface area contributed by atoms with E-state index in [0.717, 1.165) is 17.6 Å². The Morgan fingerprint density at radius 3 is 2.71 bits per heavy atom. The lowest BCUT2D eigenvalue weighted by molar-refractivity contribution is 0.00435. The molecule has 0 spiro atoms. The van der Waals surface area contributed by atoms with Gasteiger partial charge in [0.1, 0.15) is 0 Å². The van der Waals surface area contributed by atoms with Crippen molar-refractivity contribution < 1.29 is 20.4 Å². The maximum Gasteiger partial charge on any atom is 0.0883 e. The minimum absolute atomic E-state index is 0.223. The van der Waals surface area contributed by atoms with Gasteiger partial charge in [-0.15, -0.1) is 0 Å². The second-order valence-electron chi connectivity index (χ2n) is 10.8. The highest BCUT2D eigenvalue weighted by atomic mass is 16.3. The van der Waals surface area contributed by atoms with Crippen LogP contribution in [0.5, 0.6) is 0 Å². The van der Waals surface area contributed by atoms with Crippen molar-refractivity contribution in [1.29, 1.82) is 0 Å². The molecule has 174 valence electrons. The van der Waals surface area contributed by atoms with Crippen LogP contribution < -0.4 is 0 Å². The van der Waals surface area contributed by atoms with Gasteiger partial charge in [0.05, 0.1) is 24.4 Å². The zero-order valence-electron chi connectivity index (χ0n) is 19.6. The SMILES string of the molecule is C=C1/C(=C/C=C2\CCC[C@]3(C)C(C(C)/C=C/C[C@](C)(O)CO)CC[C@@H]23)C[C@H](O)C[C@H]1O. The summed E-state index contributed by atoms with van der Waals surface area (Å²) in [6.45, 7) is 10.2. The Bertz CT molecular complexity index is 746. The summed E-state index contributed by atoms with van der Waals surface area (Å²) in [5.41, 5.74) is 2.46. The van der Waals surface area contributed by atoms with Crippen molar-refractivity contribution in [3.05, 3.63) is 47.6 Å². The van der Waals surface area contributed by atoms with Crippen molar-refractivity contribution >= 4 is 0 Å². The van der Waals surface area contributed by atoms with E-state index in [-0.39, 0.29) is 12.0 Å². The molecule has 2 unspecified atom stereocenters. The van der Waals surface area contributed by atoms with Crippen molar-refractivity contribution in [2.45, 2.75) is 89.9 Å². The molecule has 4 nitrogen and oxygen atoms in total. The van der Waals surface area contributed by atoms with E-state index in [2.05, 4.69) is 38.7 Å². The summed E-state index contributed by atoms with van der Waals surface area (Å²) >= 11 is 0. The van der Waals surface area contributed by atoms with Gasteiger partial charge in [-0.05, 0) is 86.2 Å². The lowest BCUT2D eigenvalue weighted by Gasteiger charge is -2.44. The van der Waals surface area contributed by atoms with Gasteiger partial charge in [-0.25, -0.2) is 0 Å². The number of aliphatic hydroxyl groups is 4. The number of rotatable bonds is 6. The molecule has 31 heavy (non-hydrogen) atoms. The number of aliphatic hydroxyl groups excluding tert-OH is 3. The van der Waals surface area contributed by atoms with Crippen LogP contribution in [0.1, 0.15) is 72.1 Å². The van der Waals surface area contributed by atoms with E-state index < -0.39 is 17.8 Å². The van der Waals surface area contributed by atoms with Gasteiger partial charge in [0.15, 0.2) is 0 Å². The predicted molar refractivity (Wildman–Crippen MR) is 125 cm³/mol. The van der Waals surface area contributed by atoms with E-state index in [9.17, 15) is 20.4 Å². The Labute approximate surface area is 188 Å². The van der Waals surface area contributed by atoms with Crippen LogP contribution in [0.4, 0.5) is 0 Å². The highest BCUT2D eigenvalue weighted by molar-refractivity contribution is 5.38. The van der Waals surface area contributed by atoms with E-state index in [1.165, 1.54) is 31.3 Å². The third kappa shape index (κ3) is 5.42. The summed E-state index contributed by atoms with van der Waals surface area (Å²) in [5.74, 6) is 1.62. The maximum absolute atomic E-state index is 10.1. The van der Waals surface area contributed by atoms with Crippen molar-refractivity contribution in [3.8, 4) is 0 Å². The Morgan fingerprint density at radius 1 is 1.26 bits per heavy atom. The molecule has 0 saturated heterocycles. The van der Waals surface area contributed by atoms with Gasteiger partial charge in [-0.3, -0.25) is 0 Å². The third-order valence-corrected chi connectivity index (χ3v) is 8.27. The van der Waals surface area contributed by atoms with Crippen LogP contribution in [0.25, 0.3) is 0 Å². The van der Waals surface area contributed by atoms with E-state index in [1.807, 2.05) is 6.08 Å². The highest BCUT2D eigenvalue weighted by Gasteiger charge is 2.50. The Morgan fingerprint density at radius 2 is 2.00 bits per heavy atom. The van der Waals surface area contributed by atoms with Gasteiger partial charge in [0, 0.05) is 6.42 Å². The Balaban J connectivity index is 1.73. The van der Waals surface area contributed by atoms with Crippen LogP contribution in [0, 0.1) is 23.2 Å². The first kappa shape index (κ1) is 24.4. The molecule has 0 aromatic rings. The zero-order chi connectivity index (χ0) is 22.8. The van der Waals surface area contributed by atoms with Crippen LogP contribution in [0.3, 0.4) is 0 Å². The van der Waals surface area contributed by atoms with Crippen molar-refractivity contribution in [1.82, 2.24) is 0 Å². The van der Waals surface area contributed by atoms with E-state index >= 15 is 0 Å². The fourth-order valence-corrected chi connectivity index (χ4v) is 6.34. The van der Waals surface area contributed by atoms with Gasteiger partial charge >= 0.3 is 0 Å². The molecule has 3 fully saturated rings. The molecule has 0 amide bonds. The van der Waals surface area contributed by atoms with E-state index in [4.69, 9.17) is 0 Å². The minimum Gasteiger partial charge on any atom is -0.393 e. The molecule has 4 N–H and O–H groups in total. The predicted octanol–water partition coefficient (Wildman–Crippen LogP) is 4.45. The molecule has 3 aliphatic carbocycles. The van der Waals surface area contributed by atoms with Gasteiger partial charge in [0.25, 0.3) is 0 Å². The summed E-state index contributed by atoms with van der Waals surface area (Å²) in [4.78, 5) is 0. The van der Waals surface area contributed by atoms with Crippen LogP contribution in [0.15, 0.2) is 47.6 Å². The fraction of sp³-hybridized carbons (Fsp3) is 0.704. The summed E-state index contributed by atoms with van der Waals surface area (Å²) in [6.07, 6.45) is 14.9. The van der Waals surface area contributed by atoms with Gasteiger partial charge in [-0.2, -0.15) is 0 Å². The lowest BCUT2D eigenvalue weighted by Crippen LogP contribution is -2.35. The molecule has 0 bridgehead atoms. The number of hydrogen-bond donors (Lipinski definition) is 4. The maximum atomic E-state index is 10.1. The molecule has 4 heteroatoms. The molecule has 3 saturated carbocycles. The van der Waals surface area contributed by atoms with Gasteiger partial charge in [0.2, 0.25) is 0 Å². The van der Waals surface area contributed by atoms with Crippen LogP contribution in [-0.2, 0) is 0 Å². The molecule has 0 aromatic heterocycles. The molecule has 0 aliphatic heterocycles. The number of fused-ring (bicyclic) bond motifs is 1. The quantitative estimate of drug-likeness (QED) is 0.469. The van der Waals surface area contributed by atoms with Gasteiger partial charge in [-0.1, -0.05) is 50.3 Å². The fourth-order valence-electron chi connectivity index (χ4n) is 6.34. The first-order chi connectivity index (χ1) is 14.6. The molecular formula is C27H42O4. The van der Waals surface area contributed by atoms with Crippen molar-refractivity contribution in [3.63, 3.8) is 0 Å². The molecule has 7 atom stereocenters. The molecule has 0 heterocycles. The smallest absolute Gasteiger partial charge is 0.0883 e. The molecular weight excluding hydrogens is 388 g/mol. The van der Waals surface area contributed by atoms with E-state index in [1.54, 1.807) is 6.92 Å². The molecule has 3 rings (SSSR count). The van der Waals surface area contributed by atoms with Crippen LogP contribution >= 0.6 is 0 Å². The van der Waals surface area contributed by atoms with Gasteiger partial charge < -0.3 is 20.4 Å². The first-order valence-electron chi connectivity index (χ1n) is 12.0. The standard InChI is InChI=1S/C27H42O4/c1-18(7-5-13-26(3,31)17-28)23-11-12-24-20(8-6-14-27(23,24)4)9-10-21-15-22(29)16-25(30)19(21)2/h5,7,9-10,18,22-25,28-31H,2,6,8,11-17H2,1,3-4H3/b7-5+,20-9+,21-10+/t18?,22-,23?,24-,25+,26-,27+/m0/s1. The lowest BCUT2D eigenvalue weighted by atomic mass is 9.61. The number of allylic oxidation sites excluding steroid dienone is 4. The summed E-state index contributed by atoms with van der Waals surface area (Å²) in [5, 5.41) is 39.5. The topological polar surface area (TPSA) is 80.9 Å². The van der Waals surface area contributed by atoms with Crippen LogP contribution in [-0.4, -0.2) is 44.8 Å². The monoisotopic (exact) mass is 430 g/mol. The molecule has 0 aromatic carbocycles. The Kier molecular flexibility index (Phi) is 7.68. The third-order valence-electron chi connectivity index (χ3n) is 8.27. The minimum atomic E-state index is -1.04. The summed E-state index contributed by atoms with van der Waals surface area (Å²) < 4.78 is 0. The average molecular weight is 431 g/mol. The second-order valence-corrected chi connectivity index (χ2v) is 10.8. The second kappa shape index (κ2) is 9.74. The first-order valence-corrected chi connectivity index (χ1v) is 12.0. The highest BCUT2D eigenvalue weighted by Crippen LogP contribution is 2.59. The summed E-state index contributed by atoms with van der Waals surface area (Å²) in [7, 11) is 0. The van der Waals surface area contributed by atoms with Crippen LogP contribution in [0.2, 0.25) is 0 Å². The Hall–Kier alpha value is -1.20. The van der Waals surface area contributed by atoms with Crippen molar-refractivity contribution in [2.24, 2.45) is 23.2 Å². The average Bonchev–Trinajstić information content (AvgIpc) is 3.07. The normalized spacial score (nSPS) is 39.8. The van der Waals surface area contributed by atoms with E-state index in [0.29, 0.717) is 37.0 Å². The molecule has 0 radical (unpaired) electrons. The van der Waals surface area contributed by atoms with Crippen molar-refractivity contribution in [2.75, 3.05) is 6.61 Å². The zero-order valence-corrected chi connectivity index (χ0v) is 19.6. The largest absolute Gasteiger partial charge is 0.393 e. The summed E-state index contributed by atoms with van der Waals surface area (Å²) in [6, 6.07) is 0. The molecule has 3 aliphatic rings. The number of hydrogen-bond acceptors (Lipinski definition) is 4.